The fraction of sp³-hybridized carbons (Fsp3) is 0.533. The molecule has 1 aromatic carbocycles. The largest absolute Gasteiger partial charge is 0.351 e. The molecule has 1 saturated heterocycles. The van der Waals surface area contributed by atoms with Crippen molar-refractivity contribution in [2.45, 2.75) is 24.8 Å². The van der Waals surface area contributed by atoms with E-state index in [1.807, 2.05) is 13.8 Å². The summed E-state index contributed by atoms with van der Waals surface area (Å²) in [5.41, 5.74) is 0. The van der Waals surface area contributed by atoms with Gasteiger partial charge in [0.05, 0.1) is 26.2 Å². The molecule has 0 radical (unpaired) electrons. The summed E-state index contributed by atoms with van der Waals surface area (Å²) in [6, 6.07) is 5.17. The molecule has 1 aliphatic rings. The third kappa shape index (κ3) is 3.88. The monoisotopic (exact) mass is 344 g/mol. The molecule has 1 amide bonds. The predicted molar refractivity (Wildman–Crippen MR) is 84.0 cm³/mol. The van der Waals surface area contributed by atoms with E-state index < -0.39 is 15.8 Å². The summed E-state index contributed by atoms with van der Waals surface area (Å²) in [6.07, 6.45) is 0. The van der Waals surface area contributed by atoms with Gasteiger partial charge in [0.2, 0.25) is 10.0 Å². The number of sulfonamides is 1. The Labute approximate surface area is 136 Å². The van der Waals surface area contributed by atoms with E-state index in [-0.39, 0.29) is 29.9 Å². The van der Waals surface area contributed by atoms with Crippen molar-refractivity contribution < 1.29 is 22.5 Å². The third-order valence-electron chi connectivity index (χ3n) is 4.18. The number of piperazine rings is 1. The van der Waals surface area contributed by atoms with Crippen LogP contribution in [-0.2, 0) is 14.8 Å². The Morgan fingerprint density at radius 3 is 2.52 bits per heavy atom. The quantitative estimate of drug-likeness (QED) is 0.738. The van der Waals surface area contributed by atoms with Crippen LogP contribution in [0, 0.1) is 5.82 Å². The molecule has 6 nitrogen and oxygen atoms in total. The van der Waals surface area contributed by atoms with Crippen molar-refractivity contribution in [3.8, 4) is 0 Å². The van der Waals surface area contributed by atoms with Crippen molar-refractivity contribution in [2.24, 2.45) is 0 Å². The molecule has 0 spiro atoms. The molecule has 1 aromatic rings. The van der Waals surface area contributed by atoms with E-state index in [2.05, 4.69) is 5.32 Å². The third-order valence-corrected chi connectivity index (χ3v) is 6.11. The Morgan fingerprint density at radius 2 is 1.96 bits per heavy atom. The lowest BCUT2D eigenvalue weighted by molar-refractivity contribution is -0.917. The van der Waals surface area contributed by atoms with Crippen molar-refractivity contribution in [1.82, 2.24) is 9.62 Å². The lowest BCUT2D eigenvalue weighted by Gasteiger charge is -2.34. The van der Waals surface area contributed by atoms with Gasteiger partial charge in [-0.1, -0.05) is 12.1 Å². The number of likely N-dealkylation sites (N-methyl/N-ethyl adjacent to an activating group) is 1. The van der Waals surface area contributed by atoms with E-state index in [1.54, 1.807) is 0 Å². The van der Waals surface area contributed by atoms with Gasteiger partial charge in [-0.2, -0.15) is 4.31 Å². The van der Waals surface area contributed by atoms with Gasteiger partial charge >= 0.3 is 0 Å². The number of quaternary nitrogens is 1. The zero-order valence-electron chi connectivity index (χ0n) is 13.4. The maximum atomic E-state index is 13.8. The van der Waals surface area contributed by atoms with E-state index in [4.69, 9.17) is 0 Å². The highest BCUT2D eigenvalue weighted by Gasteiger charge is 2.35. The van der Waals surface area contributed by atoms with Crippen LogP contribution in [0.3, 0.4) is 0 Å². The molecule has 8 heteroatoms. The van der Waals surface area contributed by atoms with Crippen molar-refractivity contribution >= 4 is 15.9 Å². The minimum Gasteiger partial charge on any atom is -0.351 e. The highest BCUT2D eigenvalue weighted by Crippen LogP contribution is 2.18. The molecule has 1 atom stereocenters. The normalized spacial score (nSPS) is 18.6. The first-order chi connectivity index (χ1) is 10.9. The minimum atomic E-state index is -3.83. The van der Waals surface area contributed by atoms with Crippen molar-refractivity contribution in [3.63, 3.8) is 0 Å². The standard InChI is InChI=1S/C15H22FN3O3S/c1-3-17-15(20)12(2)18-8-10-19(11-9-18)23(21,22)14-7-5-4-6-13(14)16/h4-7,12H,3,8-11H2,1-2H3,(H,17,20)/p+1/t12-/m0/s1. The first-order valence-corrected chi connectivity index (χ1v) is 9.19. The van der Waals surface area contributed by atoms with Crippen LogP contribution in [0.15, 0.2) is 29.2 Å². The topological polar surface area (TPSA) is 70.9 Å². The molecule has 1 fully saturated rings. The van der Waals surface area contributed by atoms with Gasteiger partial charge in [-0.25, -0.2) is 12.8 Å². The Kier molecular flexibility index (Phi) is 5.72. The van der Waals surface area contributed by atoms with Crippen LogP contribution >= 0.6 is 0 Å². The number of rotatable bonds is 5. The smallest absolute Gasteiger partial charge is 0.278 e. The molecule has 0 aliphatic carbocycles. The highest BCUT2D eigenvalue weighted by molar-refractivity contribution is 7.89. The van der Waals surface area contributed by atoms with E-state index in [9.17, 15) is 17.6 Å². The van der Waals surface area contributed by atoms with Gasteiger partial charge in [0, 0.05) is 6.54 Å². The fourth-order valence-corrected chi connectivity index (χ4v) is 4.26. The van der Waals surface area contributed by atoms with Gasteiger partial charge in [0.15, 0.2) is 6.04 Å². The second-order valence-corrected chi connectivity index (χ2v) is 7.52. The molecule has 0 bridgehead atoms. The molecule has 128 valence electrons. The number of hydrogen-bond acceptors (Lipinski definition) is 3. The summed E-state index contributed by atoms with van der Waals surface area (Å²) >= 11 is 0. The Balaban J connectivity index is 2.04. The van der Waals surface area contributed by atoms with Crippen LogP contribution in [0.1, 0.15) is 13.8 Å². The SMILES string of the molecule is CCNC(=O)[C@H](C)[NH+]1CCN(S(=O)(=O)c2ccccc2F)CC1. The maximum Gasteiger partial charge on any atom is 0.278 e. The molecule has 2 rings (SSSR count). The Hall–Kier alpha value is -1.51. The first kappa shape index (κ1) is 17.8. The van der Waals surface area contributed by atoms with Crippen molar-refractivity contribution in [3.05, 3.63) is 30.1 Å². The number of carbonyl (C=O) groups is 1. The van der Waals surface area contributed by atoms with E-state index in [1.165, 1.54) is 22.5 Å². The Bertz CT molecular complexity index is 658. The summed E-state index contributed by atoms with van der Waals surface area (Å²) < 4.78 is 40.1. The highest BCUT2D eigenvalue weighted by atomic mass is 32.2. The van der Waals surface area contributed by atoms with E-state index in [0.29, 0.717) is 19.6 Å². The maximum absolute atomic E-state index is 13.8. The molecule has 23 heavy (non-hydrogen) atoms. The Morgan fingerprint density at radius 1 is 1.35 bits per heavy atom. The van der Waals surface area contributed by atoms with Crippen LogP contribution in [0.25, 0.3) is 0 Å². The van der Waals surface area contributed by atoms with E-state index in [0.717, 1.165) is 11.0 Å². The summed E-state index contributed by atoms with van der Waals surface area (Å²) in [6.45, 7) is 5.86. The molecule has 2 N–H and O–H groups in total. The van der Waals surface area contributed by atoms with Crippen LogP contribution in [-0.4, -0.2) is 57.4 Å². The summed E-state index contributed by atoms with van der Waals surface area (Å²) in [5.74, 6) is -0.772. The van der Waals surface area contributed by atoms with Crippen LogP contribution in [0.4, 0.5) is 4.39 Å². The number of nitrogens with one attached hydrogen (secondary N) is 2. The van der Waals surface area contributed by atoms with Crippen LogP contribution in [0.5, 0.6) is 0 Å². The van der Waals surface area contributed by atoms with Gasteiger partial charge in [-0.15, -0.1) is 0 Å². The molecule has 1 heterocycles. The van der Waals surface area contributed by atoms with Gasteiger partial charge < -0.3 is 10.2 Å². The number of halogens is 1. The molecular weight excluding hydrogens is 321 g/mol. The molecule has 1 aliphatic heterocycles. The number of amides is 1. The first-order valence-electron chi connectivity index (χ1n) is 7.75. The van der Waals surface area contributed by atoms with Gasteiger partial charge in [0.1, 0.15) is 10.7 Å². The lowest BCUT2D eigenvalue weighted by Crippen LogP contribution is -3.19. The lowest BCUT2D eigenvalue weighted by atomic mass is 10.2. The number of hydrogen-bond donors (Lipinski definition) is 2. The molecule has 0 unspecified atom stereocenters. The van der Waals surface area contributed by atoms with Crippen LogP contribution < -0.4 is 10.2 Å². The summed E-state index contributed by atoms with van der Waals surface area (Å²) in [4.78, 5) is 12.6. The molecule has 0 saturated carbocycles. The summed E-state index contributed by atoms with van der Waals surface area (Å²) in [7, 11) is -3.83. The number of carbonyl (C=O) groups excluding carboxylic acids is 1. The molecule has 0 aromatic heterocycles. The number of benzene rings is 1. The predicted octanol–water partition coefficient (Wildman–Crippen LogP) is -0.760. The fourth-order valence-electron chi connectivity index (χ4n) is 2.75. The van der Waals surface area contributed by atoms with Crippen molar-refractivity contribution in [2.75, 3.05) is 32.7 Å². The zero-order valence-corrected chi connectivity index (χ0v) is 14.2. The van der Waals surface area contributed by atoms with E-state index >= 15 is 0 Å². The van der Waals surface area contributed by atoms with Gasteiger partial charge in [-0.05, 0) is 26.0 Å². The average Bonchev–Trinajstić information content (AvgIpc) is 2.54. The summed E-state index contributed by atoms with van der Waals surface area (Å²) in [5, 5.41) is 2.78. The average molecular weight is 344 g/mol. The minimum absolute atomic E-state index is 0.0343. The van der Waals surface area contributed by atoms with Gasteiger partial charge in [0.25, 0.3) is 5.91 Å². The van der Waals surface area contributed by atoms with Crippen molar-refractivity contribution in [1.29, 1.82) is 0 Å². The van der Waals surface area contributed by atoms with Crippen LogP contribution in [0.2, 0.25) is 0 Å². The van der Waals surface area contributed by atoms with Gasteiger partial charge in [-0.3, -0.25) is 4.79 Å². The zero-order chi connectivity index (χ0) is 17.0. The number of nitrogens with zero attached hydrogens (tertiary/aromatic N) is 1. The second kappa shape index (κ2) is 7.37. The molecular formula is C15H23FN3O3S+. The second-order valence-electron chi connectivity index (χ2n) is 5.61.